The SMILES string of the molecule is O=C(c1ccccc1)C1CCN(C(=O)CCc2nc(-c3ccncc3)no2)CC1. The van der Waals surface area contributed by atoms with Crippen molar-refractivity contribution in [1.29, 1.82) is 0 Å². The van der Waals surface area contributed by atoms with Gasteiger partial charge in [-0.25, -0.2) is 0 Å². The van der Waals surface area contributed by atoms with Crippen LogP contribution in [0.1, 0.15) is 35.5 Å². The summed E-state index contributed by atoms with van der Waals surface area (Å²) in [6.45, 7) is 1.21. The summed E-state index contributed by atoms with van der Waals surface area (Å²) in [6.07, 6.45) is 5.45. The van der Waals surface area contributed by atoms with Crippen LogP contribution in [0.4, 0.5) is 0 Å². The van der Waals surface area contributed by atoms with E-state index in [0.29, 0.717) is 50.5 Å². The maximum Gasteiger partial charge on any atom is 0.227 e. The van der Waals surface area contributed by atoms with Crippen LogP contribution in [-0.4, -0.2) is 44.8 Å². The summed E-state index contributed by atoms with van der Waals surface area (Å²) in [6, 6.07) is 13.0. The van der Waals surface area contributed by atoms with Crippen LogP contribution in [-0.2, 0) is 11.2 Å². The molecule has 1 aromatic carbocycles. The quantitative estimate of drug-likeness (QED) is 0.601. The van der Waals surface area contributed by atoms with Gasteiger partial charge in [0.15, 0.2) is 5.78 Å². The van der Waals surface area contributed by atoms with E-state index in [4.69, 9.17) is 4.52 Å². The summed E-state index contributed by atoms with van der Waals surface area (Å²) in [4.78, 5) is 35.2. The lowest BCUT2D eigenvalue weighted by Crippen LogP contribution is -2.40. The number of hydrogen-bond donors (Lipinski definition) is 0. The number of benzene rings is 1. The fourth-order valence-corrected chi connectivity index (χ4v) is 3.58. The van der Waals surface area contributed by atoms with Crippen molar-refractivity contribution >= 4 is 11.7 Å². The van der Waals surface area contributed by atoms with Crippen molar-refractivity contribution in [1.82, 2.24) is 20.0 Å². The average molecular weight is 390 g/mol. The van der Waals surface area contributed by atoms with E-state index in [1.54, 1.807) is 24.5 Å². The van der Waals surface area contributed by atoms with Crippen LogP contribution in [0.2, 0.25) is 0 Å². The molecule has 1 saturated heterocycles. The number of Topliss-reactive ketones (excluding diaryl/α,β-unsaturated/α-hetero) is 1. The third kappa shape index (κ3) is 4.56. The monoisotopic (exact) mass is 390 g/mol. The van der Waals surface area contributed by atoms with Gasteiger partial charge in [0.1, 0.15) is 0 Å². The number of piperidine rings is 1. The van der Waals surface area contributed by atoms with E-state index in [1.165, 1.54) is 0 Å². The van der Waals surface area contributed by atoms with Crippen molar-refractivity contribution in [2.75, 3.05) is 13.1 Å². The van der Waals surface area contributed by atoms with Crippen LogP contribution < -0.4 is 0 Å². The van der Waals surface area contributed by atoms with Gasteiger partial charge in [-0.05, 0) is 25.0 Å². The summed E-state index contributed by atoms with van der Waals surface area (Å²) < 4.78 is 5.26. The number of pyridine rings is 1. The highest BCUT2D eigenvalue weighted by atomic mass is 16.5. The molecule has 2 aromatic heterocycles. The lowest BCUT2D eigenvalue weighted by molar-refractivity contribution is -0.132. The highest BCUT2D eigenvalue weighted by Crippen LogP contribution is 2.22. The predicted molar refractivity (Wildman–Crippen MR) is 106 cm³/mol. The number of nitrogens with zero attached hydrogens (tertiary/aromatic N) is 4. The van der Waals surface area contributed by atoms with Crippen LogP contribution in [0.3, 0.4) is 0 Å². The Morgan fingerprint density at radius 3 is 2.48 bits per heavy atom. The molecule has 148 valence electrons. The van der Waals surface area contributed by atoms with E-state index in [1.807, 2.05) is 35.2 Å². The van der Waals surface area contributed by atoms with Gasteiger partial charge in [-0.3, -0.25) is 14.6 Å². The molecule has 0 N–H and O–H groups in total. The molecule has 1 amide bonds. The van der Waals surface area contributed by atoms with Crippen LogP contribution in [0, 0.1) is 5.92 Å². The number of hydrogen-bond acceptors (Lipinski definition) is 6. The second kappa shape index (κ2) is 8.77. The van der Waals surface area contributed by atoms with Gasteiger partial charge in [0, 0.05) is 55.4 Å². The standard InChI is InChI=1S/C22H22N4O3/c27-20(7-6-19-24-22(25-29-19)18-8-12-23-13-9-18)26-14-10-17(11-15-26)21(28)16-4-2-1-3-5-16/h1-5,8-9,12-13,17H,6-7,10-11,14-15H2. The number of aryl methyl sites for hydroxylation is 1. The van der Waals surface area contributed by atoms with Gasteiger partial charge < -0.3 is 9.42 Å². The molecular formula is C22H22N4O3. The minimum Gasteiger partial charge on any atom is -0.343 e. The number of amides is 1. The Labute approximate surface area is 168 Å². The molecule has 7 nitrogen and oxygen atoms in total. The third-order valence-electron chi connectivity index (χ3n) is 5.24. The summed E-state index contributed by atoms with van der Waals surface area (Å²) in [5.74, 6) is 1.15. The van der Waals surface area contributed by atoms with Crippen LogP contribution in [0.25, 0.3) is 11.4 Å². The normalized spacial score (nSPS) is 14.7. The first-order chi connectivity index (χ1) is 14.2. The number of rotatable bonds is 6. The Morgan fingerprint density at radius 1 is 1.03 bits per heavy atom. The molecule has 29 heavy (non-hydrogen) atoms. The molecular weight excluding hydrogens is 368 g/mol. The number of ketones is 1. The zero-order valence-electron chi connectivity index (χ0n) is 16.0. The van der Waals surface area contributed by atoms with E-state index >= 15 is 0 Å². The largest absolute Gasteiger partial charge is 0.343 e. The van der Waals surface area contributed by atoms with Crippen LogP contribution in [0.15, 0.2) is 59.4 Å². The molecule has 0 saturated carbocycles. The number of aromatic nitrogens is 3. The van der Waals surface area contributed by atoms with Crippen molar-refractivity contribution < 1.29 is 14.1 Å². The van der Waals surface area contributed by atoms with Crippen molar-refractivity contribution in [2.45, 2.75) is 25.7 Å². The molecule has 7 heteroatoms. The zero-order valence-corrected chi connectivity index (χ0v) is 16.0. The molecule has 0 atom stereocenters. The Kier molecular flexibility index (Phi) is 5.74. The maximum atomic E-state index is 12.6. The molecule has 1 aliphatic rings. The highest BCUT2D eigenvalue weighted by Gasteiger charge is 2.27. The molecule has 3 heterocycles. The van der Waals surface area contributed by atoms with E-state index < -0.39 is 0 Å². The molecule has 3 aromatic rings. The van der Waals surface area contributed by atoms with Gasteiger partial charge in [-0.1, -0.05) is 35.5 Å². The second-order valence-corrected chi connectivity index (χ2v) is 7.13. The Morgan fingerprint density at radius 2 is 1.76 bits per heavy atom. The van der Waals surface area contributed by atoms with E-state index in [0.717, 1.165) is 11.1 Å². The minimum absolute atomic E-state index is 0.0136. The van der Waals surface area contributed by atoms with Crippen molar-refractivity contribution in [3.63, 3.8) is 0 Å². The first-order valence-electron chi connectivity index (χ1n) is 9.81. The molecule has 4 rings (SSSR count). The van der Waals surface area contributed by atoms with Gasteiger partial charge in [-0.15, -0.1) is 0 Å². The second-order valence-electron chi connectivity index (χ2n) is 7.13. The van der Waals surface area contributed by atoms with E-state index in [9.17, 15) is 9.59 Å². The Bertz CT molecular complexity index is 964. The van der Waals surface area contributed by atoms with Crippen LogP contribution in [0.5, 0.6) is 0 Å². The van der Waals surface area contributed by atoms with Crippen molar-refractivity contribution in [3.05, 3.63) is 66.3 Å². The maximum absolute atomic E-state index is 12.6. The smallest absolute Gasteiger partial charge is 0.227 e. The lowest BCUT2D eigenvalue weighted by Gasteiger charge is -2.31. The topological polar surface area (TPSA) is 89.2 Å². The molecule has 0 radical (unpaired) electrons. The Balaban J connectivity index is 1.26. The van der Waals surface area contributed by atoms with Gasteiger partial charge in [0.25, 0.3) is 0 Å². The summed E-state index contributed by atoms with van der Waals surface area (Å²) in [5, 5.41) is 3.96. The number of carbonyl (C=O) groups excluding carboxylic acids is 2. The summed E-state index contributed by atoms with van der Waals surface area (Å²) in [5.41, 5.74) is 1.57. The third-order valence-corrected chi connectivity index (χ3v) is 5.24. The van der Waals surface area contributed by atoms with E-state index in [2.05, 4.69) is 15.1 Å². The van der Waals surface area contributed by atoms with Gasteiger partial charge in [0.05, 0.1) is 0 Å². The predicted octanol–water partition coefficient (Wildman–Crippen LogP) is 3.19. The van der Waals surface area contributed by atoms with Crippen LogP contribution >= 0.6 is 0 Å². The van der Waals surface area contributed by atoms with Gasteiger partial charge in [-0.2, -0.15) is 4.98 Å². The molecule has 0 bridgehead atoms. The number of carbonyl (C=O) groups is 2. The van der Waals surface area contributed by atoms with Gasteiger partial charge >= 0.3 is 0 Å². The van der Waals surface area contributed by atoms with E-state index in [-0.39, 0.29) is 17.6 Å². The summed E-state index contributed by atoms with van der Waals surface area (Å²) >= 11 is 0. The molecule has 1 aliphatic heterocycles. The molecule has 0 aliphatic carbocycles. The first kappa shape index (κ1) is 19.0. The minimum atomic E-state index is -0.0136. The zero-order chi connectivity index (χ0) is 20.1. The fourth-order valence-electron chi connectivity index (χ4n) is 3.58. The summed E-state index contributed by atoms with van der Waals surface area (Å²) in [7, 11) is 0. The molecule has 0 spiro atoms. The molecule has 0 unspecified atom stereocenters. The highest BCUT2D eigenvalue weighted by molar-refractivity contribution is 5.98. The Hall–Kier alpha value is -3.35. The van der Waals surface area contributed by atoms with Crippen molar-refractivity contribution in [3.8, 4) is 11.4 Å². The van der Waals surface area contributed by atoms with Crippen molar-refractivity contribution in [2.24, 2.45) is 5.92 Å². The average Bonchev–Trinajstić information content (AvgIpc) is 3.27. The lowest BCUT2D eigenvalue weighted by atomic mass is 9.89. The fraction of sp³-hybridized carbons (Fsp3) is 0.318. The number of likely N-dealkylation sites (tertiary alicyclic amines) is 1. The first-order valence-corrected chi connectivity index (χ1v) is 9.81. The van der Waals surface area contributed by atoms with Gasteiger partial charge in [0.2, 0.25) is 17.6 Å². The molecule has 1 fully saturated rings.